The lowest BCUT2D eigenvalue weighted by molar-refractivity contribution is -0.122. The molecule has 1 aromatic carbocycles. The molecule has 174 valence electrons. The van der Waals surface area contributed by atoms with E-state index in [9.17, 15) is 9.59 Å². The van der Waals surface area contributed by atoms with Crippen LogP contribution in [0.5, 0.6) is 11.5 Å². The number of rotatable bonds is 7. The molecule has 0 saturated carbocycles. The number of fused-ring (bicyclic) bond motifs is 1. The van der Waals surface area contributed by atoms with E-state index in [4.69, 9.17) is 9.47 Å². The van der Waals surface area contributed by atoms with E-state index >= 15 is 0 Å². The van der Waals surface area contributed by atoms with Crippen molar-refractivity contribution in [3.8, 4) is 22.9 Å². The number of methoxy groups -OCH3 is 1. The monoisotopic (exact) mass is 451 g/mol. The number of hydrogen-bond donors (Lipinski definition) is 2. The maximum Gasteiger partial charge on any atom is 0.263 e. The lowest BCUT2D eigenvalue weighted by Crippen LogP contribution is -2.37. The molecule has 9 heteroatoms. The minimum absolute atomic E-state index is 0.0476. The third-order valence-corrected chi connectivity index (χ3v) is 5.45. The largest absolute Gasteiger partial charge is 0.497 e. The van der Waals surface area contributed by atoms with Crippen LogP contribution in [0.1, 0.15) is 26.7 Å². The highest BCUT2D eigenvalue weighted by Gasteiger charge is 2.19. The molecule has 0 unspecified atom stereocenters. The molecular formula is C24H29N5O4. The van der Waals surface area contributed by atoms with Crippen molar-refractivity contribution < 1.29 is 14.3 Å². The van der Waals surface area contributed by atoms with Crippen molar-refractivity contribution in [2.75, 3.05) is 20.2 Å². The third-order valence-electron chi connectivity index (χ3n) is 5.45. The molecule has 1 amide bonds. The normalized spacial score (nSPS) is 14.4. The van der Waals surface area contributed by atoms with Gasteiger partial charge in [0.1, 0.15) is 30.0 Å². The van der Waals surface area contributed by atoms with E-state index in [1.54, 1.807) is 31.5 Å². The summed E-state index contributed by atoms with van der Waals surface area (Å²) >= 11 is 0. The van der Waals surface area contributed by atoms with Crippen LogP contribution in [0.4, 0.5) is 0 Å². The summed E-state index contributed by atoms with van der Waals surface area (Å²) in [6.07, 6.45) is 3.46. The molecule has 2 aromatic heterocycles. The summed E-state index contributed by atoms with van der Waals surface area (Å²) in [6, 6.07) is 8.84. The van der Waals surface area contributed by atoms with Gasteiger partial charge in [-0.15, -0.1) is 0 Å². The number of pyridine rings is 1. The van der Waals surface area contributed by atoms with Gasteiger partial charge in [0.2, 0.25) is 5.91 Å². The number of hydrogen-bond acceptors (Lipinski definition) is 7. The second kappa shape index (κ2) is 9.99. The lowest BCUT2D eigenvalue weighted by atomic mass is 10.1. The molecular weight excluding hydrogens is 422 g/mol. The highest BCUT2D eigenvalue weighted by molar-refractivity contribution is 5.80. The molecule has 33 heavy (non-hydrogen) atoms. The quantitative estimate of drug-likeness (QED) is 0.567. The topological polar surface area (TPSA) is 107 Å². The summed E-state index contributed by atoms with van der Waals surface area (Å²) in [6.45, 7) is 5.38. The van der Waals surface area contributed by atoms with Gasteiger partial charge < -0.3 is 20.1 Å². The van der Waals surface area contributed by atoms with Gasteiger partial charge in [0.15, 0.2) is 5.65 Å². The number of carbonyl (C=O) groups excluding carboxylic acids is 1. The third kappa shape index (κ3) is 5.31. The first kappa shape index (κ1) is 22.7. The van der Waals surface area contributed by atoms with E-state index < -0.39 is 0 Å². The fourth-order valence-corrected chi connectivity index (χ4v) is 3.90. The molecule has 4 rings (SSSR count). The molecule has 1 fully saturated rings. The second-order valence-corrected chi connectivity index (χ2v) is 8.39. The van der Waals surface area contributed by atoms with E-state index in [-0.39, 0.29) is 30.2 Å². The first-order valence-corrected chi connectivity index (χ1v) is 11.2. The van der Waals surface area contributed by atoms with E-state index in [0.29, 0.717) is 33.9 Å². The fraction of sp³-hybridized carbons (Fsp3) is 0.417. The molecule has 2 N–H and O–H groups in total. The van der Waals surface area contributed by atoms with Crippen molar-refractivity contribution in [2.24, 2.45) is 0 Å². The van der Waals surface area contributed by atoms with Crippen molar-refractivity contribution in [2.45, 2.75) is 45.4 Å². The Bertz CT molecular complexity index is 1200. The van der Waals surface area contributed by atoms with Gasteiger partial charge in [-0.25, -0.2) is 9.97 Å². The maximum atomic E-state index is 13.5. The van der Waals surface area contributed by atoms with Gasteiger partial charge in [0.05, 0.1) is 18.7 Å². The van der Waals surface area contributed by atoms with Crippen LogP contribution >= 0.6 is 0 Å². The first-order chi connectivity index (χ1) is 15.9. The molecule has 9 nitrogen and oxygen atoms in total. The Hall–Kier alpha value is -3.46. The van der Waals surface area contributed by atoms with Gasteiger partial charge in [-0.3, -0.25) is 14.2 Å². The van der Waals surface area contributed by atoms with Crippen LogP contribution in [-0.2, 0) is 11.3 Å². The molecule has 0 spiro atoms. The second-order valence-electron chi connectivity index (χ2n) is 8.39. The molecule has 0 bridgehead atoms. The van der Waals surface area contributed by atoms with Crippen molar-refractivity contribution in [3.05, 3.63) is 46.9 Å². The van der Waals surface area contributed by atoms with Gasteiger partial charge in [-0.05, 0) is 58.0 Å². The zero-order chi connectivity index (χ0) is 23.4. The Labute approximate surface area is 192 Å². The molecule has 1 saturated heterocycles. The van der Waals surface area contributed by atoms with Crippen LogP contribution < -0.4 is 25.7 Å². The lowest BCUT2D eigenvalue weighted by Gasteiger charge is -2.23. The Kier molecular flexibility index (Phi) is 6.88. The Morgan fingerprint density at radius 1 is 1.24 bits per heavy atom. The Morgan fingerprint density at radius 2 is 2.03 bits per heavy atom. The summed E-state index contributed by atoms with van der Waals surface area (Å²) in [4.78, 5) is 35.2. The molecule has 1 aliphatic heterocycles. The van der Waals surface area contributed by atoms with Gasteiger partial charge in [0, 0.05) is 11.6 Å². The highest BCUT2D eigenvalue weighted by Crippen LogP contribution is 2.24. The van der Waals surface area contributed by atoms with Crippen molar-refractivity contribution >= 4 is 16.9 Å². The summed E-state index contributed by atoms with van der Waals surface area (Å²) in [7, 11) is 1.57. The summed E-state index contributed by atoms with van der Waals surface area (Å²) in [5.74, 6) is 1.23. The summed E-state index contributed by atoms with van der Waals surface area (Å²) < 4.78 is 12.8. The van der Waals surface area contributed by atoms with Crippen LogP contribution in [0, 0.1) is 0 Å². The van der Waals surface area contributed by atoms with E-state index in [0.717, 1.165) is 25.9 Å². The maximum absolute atomic E-state index is 13.5. The predicted octanol–water partition coefficient (Wildman–Crippen LogP) is 2.12. The van der Waals surface area contributed by atoms with E-state index in [1.165, 1.54) is 4.57 Å². The van der Waals surface area contributed by atoms with Crippen LogP contribution in [0.15, 0.2) is 41.3 Å². The van der Waals surface area contributed by atoms with Crippen molar-refractivity contribution in [1.29, 1.82) is 0 Å². The van der Waals surface area contributed by atoms with E-state index in [2.05, 4.69) is 20.6 Å². The zero-order valence-electron chi connectivity index (χ0n) is 19.1. The zero-order valence-corrected chi connectivity index (χ0v) is 19.1. The molecule has 0 radical (unpaired) electrons. The molecule has 0 atom stereocenters. The number of benzene rings is 1. The van der Waals surface area contributed by atoms with Crippen LogP contribution in [0.25, 0.3) is 22.4 Å². The SMILES string of the molecule is COc1cccc(-c2nc3ncc(OC4CCNCC4)cc3c(=O)n2CC(=O)NC(C)C)c1. The van der Waals surface area contributed by atoms with E-state index in [1.807, 2.05) is 26.0 Å². The number of ether oxygens (including phenoxy) is 2. The average Bonchev–Trinajstić information content (AvgIpc) is 2.81. The number of nitrogens with one attached hydrogen (secondary N) is 2. The molecule has 3 aromatic rings. The Balaban J connectivity index is 1.79. The first-order valence-electron chi connectivity index (χ1n) is 11.2. The van der Waals surface area contributed by atoms with Crippen LogP contribution in [-0.4, -0.2) is 52.8 Å². The summed E-state index contributed by atoms with van der Waals surface area (Å²) in [5, 5.41) is 6.45. The number of carbonyl (C=O) groups is 1. The average molecular weight is 452 g/mol. The van der Waals surface area contributed by atoms with Gasteiger partial charge in [0.25, 0.3) is 5.56 Å². The van der Waals surface area contributed by atoms with Crippen LogP contribution in [0.2, 0.25) is 0 Å². The molecule has 0 aliphatic carbocycles. The van der Waals surface area contributed by atoms with Gasteiger partial charge >= 0.3 is 0 Å². The Morgan fingerprint density at radius 3 is 2.76 bits per heavy atom. The number of nitrogens with zero attached hydrogens (tertiary/aromatic N) is 3. The van der Waals surface area contributed by atoms with Gasteiger partial charge in [-0.1, -0.05) is 12.1 Å². The van der Waals surface area contributed by atoms with Crippen molar-refractivity contribution in [1.82, 2.24) is 25.2 Å². The number of piperidine rings is 1. The highest BCUT2D eigenvalue weighted by atomic mass is 16.5. The molecule has 3 heterocycles. The number of amides is 1. The fourth-order valence-electron chi connectivity index (χ4n) is 3.90. The smallest absolute Gasteiger partial charge is 0.263 e. The van der Waals surface area contributed by atoms with Gasteiger partial charge in [-0.2, -0.15) is 0 Å². The summed E-state index contributed by atoms with van der Waals surface area (Å²) in [5.41, 5.74) is 0.610. The van der Waals surface area contributed by atoms with Crippen LogP contribution in [0.3, 0.4) is 0 Å². The minimum Gasteiger partial charge on any atom is -0.497 e. The van der Waals surface area contributed by atoms with Crippen molar-refractivity contribution in [3.63, 3.8) is 0 Å². The standard InChI is InChI=1S/C24H29N5O4/c1-15(2)27-21(30)14-29-23(16-5-4-6-18(11-16)32-3)28-22-20(24(29)31)12-19(13-26-22)33-17-7-9-25-10-8-17/h4-6,11-13,15,17,25H,7-10,14H2,1-3H3,(H,27,30). The minimum atomic E-state index is -0.347. The number of aromatic nitrogens is 3. The molecule has 1 aliphatic rings. The predicted molar refractivity (Wildman–Crippen MR) is 126 cm³/mol.